The van der Waals surface area contributed by atoms with E-state index < -0.39 is 0 Å². The zero-order valence-electron chi connectivity index (χ0n) is 15.7. The molecule has 5 atom stereocenters. The summed E-state index contributed by atoms with van der Waals surface area (Å²) in [5.74, 6) is 4.37. The van der Waals surface area contributed by atoms with Gasteiger partial charge in [0.15, 0.2) is 6.29 Å². The summed E-state index contributed by atoms with van der Waals surface area (Å²) in [7, 11) is 1.81. The fourth-order valence-electron chi connectivity index (χ4n) is 4.45. The van der Waals surface area contributed by atoms with Crippen LogP contribution >= 0.6 is 0 Å². The van der Waals surface area contributed by atoms with Crippen LogP contribution in [-0.4, -0.2) is 19.5 Å². The Kier molecular flexibility index (Phi) is 7.19. The topological polar surface area (TPSA) is 18.5 Å². The van der Waals surface area contributed by atoms with Gasteiger partial charge in [-0.2, -0.15) is 0 Å². The van der Waals surface area contributed by atoms with Crippen molar-refractivity contribution in [3.63, 3.8) is 0 Å². The van der Waals surface area contributed by atoms with E-state index in [4.69, 9.17) is 9.47 Å². The van der Waals surface area contributed by atoms with Gasteiger partial charge in [-0.15, -0.1) is 0 Å². The van der Waals surface area contributed by atoms with Gasteiger partial charge in [-0.05, 0) is 41.9 Å². The van der Waals surface area contributed by atoms with Crippen molar-refractivity contribution in [2.45, 2.75) is 74.2 Å². The average Bonchev–Trinajstić information content (AvgIpc) is 2.35. The lowest BCUT2D eigenvalue weighted by Gasteiger charge is -2.52. The lowest BCUT2D eigenvalue weighted by atomic mass is 9.62. The standard InChI is InChI=1S/C19H38O2/c1-11(2)10-15-16(12(3)4)17(13(5)6)18(14(7)8)19(20-9)21-15/h11-19H,10H2,1-9H3/t15?,16-,17-,18+,19?/m1/s1. The lowest BCUT2D eigenvalue weighted by molar-refractivity contribution is -0.268. The first kappa shape index (κ1) is 19.0. The number of methoxy groups -OCH3 is 1. The number of hydrogen-bond acceptors (Lipinski definition) is 2. The smallest absolute Gasteiger partial charge is 0.160 e. The molecule has 0 spiro atoms. The minimum absolute atomic E-state index is 0.0452. The van der Waals surface area contributed by atoms with Crippen molar-refractivity contribution in [2.75, 3.05) is 7.11 Å². The molecule has 0 aromatic carbocycles. The van der Waals surface area contributed by atoms with Gasteiger partial charge >= 0.3 is 0 Å². The van der Waals surface area contributed by atoms with E-state index in [0.717, 1.165) is 6.42 Å². The first-order valence-corrected chi connectivity index (χ1v) is 8.88. The van der Waals surface area contributed by atoms with Gasteiger partial charge in [-0.25, -0.2) is 0 Å². The molecule has 1 aliphatic heterocycles. The van der Waals surface area contributed by atoms with Crippen LogP contribution in [-0.2, 0) is 9.47 Å². The molecule has 1 saturated heterocycles. The van der Waals surface area contributed by atoms with Gasteiger partial charge in [0.2, 0.25) is 0 Å². The molecule has 0 bridgehead atoms. The first-order chi connectivity index (χ1) is 9.70. The van der Waals surface area contributed by atoms with Crippen LogP contribution in [0.15, 0.2) is 0 Å². The van der Waals surface area contributed by atoms with Gasteiger partial charge in [0.05, 0.1) is 6.10 Å². The normalized spacial score (nSPS) is 34.4. The second kappa shape index (κ2) is 7.97. The van der Waals surface area contributed by atoms with E-state index in [1.165, 1.54) is 0 Å². The van der Waals surface area contributed by atoms with Crippen molar-refractivity contribution in [3.05, 3.63) is 0 Å². The van der Waals surface area contributed by atoms with Crippen LogP contribution in [0, 0.1) is 41.4 Å². The molecule has 0 saturated carbocycles. The number of ether oxygens (including phenoxy) is 2. The second-order valence-corrected chi connectivity index (χ2v) is 8.37. The summed E-state index contributed by atoms with van der Waals surface area (Å²) < 4.78 is 12.2. The maximum Gasteiger partial charge on any atom is 0.160 e. The van der Waals surface area contributed by atoms with Crippen molar-refractivity contribution in [1.29, 1.82) is 0 Å². The van der Waals surface area contributed by atoms with Crippen LogP contribution in [0.5, 0.6) is 0 Å². The summed E-state index contributed by atoms with van der Waals surface area (Å²) in [5, 5.41) is 0. The molecule has 1 aliphatic rings. The molecule has 0 amide bonds. The van der Waals surface area contributed by atoms with Crippen LogP contribution in [0.4, 0.5) is 0 Å². The predicted octanol–water partition coefficient (Wildman–Crippen LogP) is 5.22. The van der Waals surface area contributed by atoms with Crippen LogP contribution in [0.2, 0.25) is 0 Å². The van der Waals surface area contributed by atoms with E-state index >= 15 is 0 Å². The lowest BCUT2D eigenvalue weighted by Crippen LogP contribution is -2.53. The molecule has 2 nitrogen and oxygen atoms in total. The van der Waals surface area contributed by atoms with Crippen LogP contribution in [0.3, 0.4) is 0 Å². The van der Waals surface area contributed by atoms with E-state index in [1.54, 1.807) is 7.11 Å². The van der Waals surface area contributed by atoms with E-state index in [0.29, 0.717) is 47.5 Å². The summed E-state index contributed by atoms with van der Waals surface area (Å²) in [5.41, 5.74) is 0. The van der Waals surface area contributed by atoms with E-state index in [-0.39, 0.29) is 6.29 Å². The SMILES string of the molecule is COC1OC(CC(C)C)[C@@H](C(C)C)[C@@H](C(C)C)[C@@H]1C(C)C. The van der Waals surface area contributed by atoms with E-state index in [9.17, 15) is 0 Å². The largest absolute Gasteiger partial charge is 0.356 e. The van der Waals surface area contributed by atoms with E-state index in [1.807, 2.05) is 0 Å². The average molecular weight is 299 g/mol. The van der Waals surface area contributed by atoms with Gasteiger partial charge in [-0.1, -0.05) is 55.4 Å². The Hall–Kier alpha value is -0.0800. The second-order valence-electron chi connectivity index (χ2n) is 8.37. The van der Waals surface area contributed by atoms with Gasteiger partial charge < -0.3 is 9.47 Å². The quantitative estimate of drug-likeness (QED) is 0.669. The van der Waals surface area contributed by atoms with Crippen LogP contribution < -0.4 is 0 Å². The van der Waals surface area contributed by atoms with Crippen molar-refractivity contribution < 1.29 is 9.47 Å². The Bertz CT molecular complexity index is 296. The fraction of sp³-hybridized carbons (Fsp3) is 1.00. The first-order valence-electron chi connectivity index (χ1n) is 8.88. The molecular weight excluding hydrogens is 260 g/mol. The van der Waals surface area contributed by atoms with Gasteiger partial charge in [0.1, 0.15) is 0 Å². The molecule has 126 valence electrons. The fourth-order valence-corrected chi connectivity index (χ4v) is 4.45. The molecule has 2 unspecified atom stereocenters. The minimum atomic E-state index is -0.0452. The Labute approximate surface area is 133 Å². The van der Waals surface area contributed by atoms with Crippen LogP contribution in [0.1, 0.15) is 61.8 Å². The highest BCUT2D eigenvalue weighted by atomic mass is 16.7. The maximum absolute atomic E-state index is 6.45. The highest BCUT2D eigenvalue weighted by Gasteiger charge is 2.48. The molecule has 0 radical (unpaired) electrons. The number of rotatable bonds is 6. The summed E-state index contributed by atoms with van der Waals surface area (Å²) in [4.78, 5) is 0. The number of hydrogen-bond donors (Lipinski definition) is 0. The Balaban J connectivity index is 3.16. The Morgan fingerprint density at radius 1 is 0.762 bits per heavy atom. The molecular formula is C19H38O2. The van der Waals surface area contributed by atoms with E-state index in [2.05, 4.69) is 55.4 Å². The zero-order chi connectivity index (χ0) is 16.3. The van der Waals surface area contributed by atoms with Gasteiger partial charge in [0.25, 0.3) is 0 Å². The third-order valence-electron chi connectivity index (χ3n) is 5.19. The summed E-state index contributed by atoms with van der Waals surface area (Å²) in [6.45, 7) is 18.7. The van der Waals surface area contributed by atoms with Crippen molar-refractivity contribution in [3.8, 4) is 0 Å². The molecule has 0 aromatic rings. The zero-order valence-corrected chi connectivity index (χ0v) is 15.7. The van der Waals surface area contributed by atoms with Crippen LogP contribution in [0.25, 0.3) is 0 Å². The monoisotopic (exact) mass is 298 g/mol. The maximum atomic E-state index is 6.45. The highest BCUT2D eigenvalue weighted by molar-refractivity contribution is 4.93. The minimum Gasteiger partial charge on any atom is -0.356 e. The van der Waals surface area contributed by atoms with Gasteiger partial charge in [-0.3, -0.25) is 0 Å². The van der Waals surface area contributed by atoms with Crippen molar-refractivity contribution in [1.82, 2.24) is 0 Å². The van der Waals surface area contributed by atoms with Crippen molar-refractivity contribution in [2.24, 2.45) is 41.4 Å². The molecule has 0 N–H and O–H groups in total. The molecule has 1 rings (SSSR count). The van der Waals surface area contributed by atoms with Crippen molar-refractivity contribution >= 4 is 0 Å². The molecule has 1 fully saturated rings. The molecule has 1 heterocycles. The summed E-state index contributed by atoms with van der Waals surface area (Å²) >= 11 is 0. The molecule has 2 heteroatoms. The summed E-state index contributed by atoms with van der Waals surface area (Å²) in [6, 6.07) is 0. The highest BCUT2D eigenvalue weighted by Crippen LogP contribution is 2.47. The third kappa shape index (κ3) is 4.45. The molecule has 0 aliphatic carbocycles. The Morgan fingerprint density at radius 3 is 1.57 bits per heavy atom. The molecule has 0 aromatic heterocycles. The third-order valence-corrected chi connectivity index (χ3v) is 5.19. The predicted molar refractivity (Wildman–Crippen MR) is 90.1 cm³/mol. The summed E-state index contributed by atoms with van der Waals surface area (Å²) in [6.07, 6.45) is 1.42. The Morgan fingerprint density at radius 2 is 1.24 bits per heavy atom. The molecule has 21 heavy (non-hydrogen) atoms. The van der Waals surface area contributed by atoms with Gasteiger partial charge in [0, 0.05) is 13.0 Å².